The van der Waals surface area contributed by atoms with Crippen LogP contribution in [0.4, 0.5) is 4.79 Å². The summed E-state index contributed by atoms with van der Waals surface area (Å²) in [4.78, 5) is 17.3. The van der Waals surface area contributed by atoms with Crippen molar-refractivity contribution in [3.8, 4) is 0 Å². The molecule has 0 saturated carbocycles. The molecular weight excluding hydrogens is 302 g/mol. The summed E-state index contributed by atoms with van der Waals surface area (Å²) in [5.41, 5.74) is 2.30. The third-order valence-corrected chi connectivity index (χ3v) is 4.26. The van der Waals surface area contributed by atoms with Gasteiger partial charge in [0.25, 0.3) is 0 Å². The smallest absolute Gasteiger partial charge is 0.315 e. The van der Waals surface area contributed by atoms with Gasteiger partial charge in [0.2, 0.25) is 0 Å². The summed E-state index contributed by atoms with van der Waals surface area (Å²) in [6.07, 6.45) is 2.81. The van der Waals surface area contributed by atoms with Gasteiger partial charge in [-0.2, -0.15) is 0 Å². The zero-order valence-electron chi connectivity index (χ0n) is 12.0. The molecule has 0 aliphatic heterocycles. The van der Waals surface area contributed by atoms with Crippen LogP contribution in [0.2, 0.25) is 0 Å². The van der Waals surface area contributed by atoms with Crippen molar-refractivity contribution in [1.29, 1.82) is 0 Å². The lowest BCUT2D eigenvalue weighted by atomic mass is 10.2. The molecule has 0 aliphatic carbocycles. The van der Waals surface area contributed by atoms with Crippen LogP contribution in [-0.2, 0) is 19.5 Å². The summed E-state index contributed by atoms with van der Waals surface area (Å²) < 4.78 is 4.64. The maximum absolute atomic E-state index is 11.8. The van der Waals surface area contributed by atoms with Gasteiger partial charge in [0.15, 0.2) is 0 Å². The lowest BCUT2D eigenvalue weighted by Crippen LogP contribution is -2.34. The van der Waals surface area contributed by atoms with Crippen LogP contribution in [0.3, 0.4) is 0 Å². The number of fused-ring (bicyclic) bond motifs is 1. The Labute approximate surface area is 130 Å². The molecule has 2 amide bonds. The van der Waals surface area contributed by atoms with Crippen LogP contribution >= 0.6 is 11.3 Å². The quantitative estimate of drug-likeness (QED) is 0.753. The van der Waals surface area contributed by atoms with Crippen molar-refractivity contribution in [2.45, 2.75) is 26.4 Å². The van der Waals surface area contributed by atoms with E-state index in [0.717, 1.165) is 17.0 Å². The van der Waals surface area contributed by atoms with E-state index >= 15 is 0 Å². The number of amides is 2. The van der Waals surface area contributed by atoms with Crippen LogP contribution < -0.4 is 10.6 Å². The number of hydrogen-bond acceptors (Lipinski definition) is 6. The molecule has 2 N–H and O–H groups in total. The van der Waals surface area contributed by atoms with Crippen molar-refractivity contribution in [2.75, 3.05) is 0 Å². The number of carbonyl (C=O) groups excluding carboxylic acids is 1. The second-order valence-electron chi connectivity index (χ2n) is 4.70. The standard InChI is InChI=1S/C14H15N5O2S/c1-2-10-7-15-13(22-10)8-17-14(20)16-6-9-3-4-11-12(5-9)19-21-18-11/h3-5,7H,2,6,8H2,1H3,(H2,16,17,20). The number of thiazole rings is 1. The van der Waals surface area contributed by atoms with Gasteiger partial charge in [-0.15, -0.1) is 11.3 Å². The molecule has 0 radical (unpaired) electrons. The molecule has 7 nitrogen and oxygen atoms in total. The van der Waals surface area contributed by atoms with Crippen molar-refractivity contribution in [3.05, 3.63) is 39.8 Å². The first kappa shape index (κ1) is 14.5. The molecule has 3 aromatic rings. The van der Waals surface area contributed by atoms with Gasteiger partial charge >= 0.3 is 6.03 Å². The van der Waals surface area contributed by atoms with Crippen LogP contribution in [0.15, 0.2) is 29.0 Å². The lowest BCUT2D eigenvalue weighted by molar-refractivity contribution is 0.240. The Morgan fingerprint density at radius 1 is 1.23 bits per heavy atom. The summed E-state index contributed by atoms with van der Waals surface area (Å²) in [6, 6.07) is 5.29. The minimum absolute atomic E-state index is 0.230. The van der Waals surface area contributed by atoms with E-state index in [1.165, 1.54) is 4.88 Å². The molecule has 0 spiro atoms. The van der Waals surface area contributed by atoms with Crippen LogP contribution in [0.25, 0.3) is 11.0 Å². The number of benzene rings is 1. The molecular formula is C14H15N5O2S. The number of carbonyl (C=O) groups is 1. The predicted molar refractivity (Wildman–Crippen MR) is 82.4 cm³/mol. The van der Waals surface area contributed by atoms with E-state index in [4.69, 9.17) is 0 Å². The molecule has 0 saturated heterocycles. The molecule has 2 heterocycles. The van der Waals surface area contributed by atoms with E-state index in [9.17, 15) is 4.79 Å². The third-order valence-electron chi connectivity index (χ3n) is 3.12. The molecule has 0 aliphatic rings. The maximum atomic E-state index is 11.8. The van der Waals surface area contributed by atoms with Crippen LogP contribution in [-0.4, -0.2) is 21.3 Å². The topological polar surface area (TPSA) is 92.9 Å². The Hall–Kier alpha value is -2.48. The van der Waals surface area contributed by atoms with E-state index in [0.29, 0.717) is 24.1 Å². The summed E-state index contributed by atoms with van der Waals surface area (Å²) in [7, 11) is 0. The van der Waals surface area contributed by atoms with Gasteiger partial charge in [-0.25, -0.2) is 14.4 Å². The number of urea groups is 1. The summed E-state index contributed by atoms with van der Waals surface area (Å²) in [5, 5.41) is 14.0. The summed E-state index contributed by atoms with van der Waals surface area (Å²) in [5.74, 6) is 0. The monoisotopic (exact) mass is 317 g/mol. The Bertz CT molecular complexity index is 782. The van der Waals surface area contributed by atoms with Crippen LogP contribution in [0.1, 0.15) is 22.4 Å². The Morgan fingerprint density at radius 2 is 2.05 bits per heavy atom. The highest BCUT2D eigenvalue weighted by atomic mass is 32.1. The number of rotatable bonds is 5. The number of aromatic nitrogens is 3. The molecule has 8 heteroatoms. The minimum Gasteiger partial charge on any atom is -0.334 e. The first-order chi connectivity index (χ1) is 10.7. The molecule has 0 bridgehead atoms. The van der Waals surface area contributed by atoms with Crippen LogP contribution in [0.5, 0.6) is 0 Å². The van der Waals surface area contributed by atoms with Gasteiger partial charge in [0.1, 0.15) is 16.0 Å². The molecule has 0 fully saturated rings. The number of hydrogen-bond donors (Lipinski definition) is 2. The normalized spacial score (nSPS) is 10.8. The molecule has 0 unspecified atom stereocenters. The third kappa shape index (κ3) is 3.40. The van der Waals surface area contributed by atoms with Gasteiger partial charge in [0.05, 0.1) is 6.54 Å². The fraction of sp³-hybridized carbons (Fsp3) is 0.286. The number of aryl methyl sites for hydroxylation is 1. The molecule has 114 valence electrons. The van der Waals surface area contributed by atoms with E-state index < -0.39 is 0 Å². The second-order valence-corrected chi connectivity index (χ2v) is 5.90. The number of nitrogens with zero attached hydrogens (tertiary/aromatic N) is 3. The minimum atomic E-state index is -0.230. The SMILES string of the molecule is CCc1cnc(CNC(=O)NCc2ccc3nonc3c2)s1. The molecule has 1 aromatic carbocycles. The van der Waals surface area contributed by atoms with Crippen molar-refractivity contribution < 1.29 is 9.42 Å². The maximum Gasteiger partial charge on any atom is 0.315 e. The van der Waals surface area contributed by atoms with Gasteiger partial charge in [0, 0.05) is 17.6 Å². The zero-order valence-corrected chi connectivity index (χ0v) is 12.8. The molecule has 2 aromatic heterocycles. The van der Waals surface area contributed by atoms with Crippen molar-refractivity contribution in [3.63, 3.8) is 0 Å². The predicted octanol–water partition coefficient (Wildman–Crippen LogP) is 2.24. The van der Waals surface area contributed by atoms with Gasteiger partial charge in [-0.1, -0.05) is 13.0 Å². The molecule has 3 rings (SSSR count). The van der Waals surface area contributed by atoms with E-state index in [2.05, 4.69) is 37.5 Å². The Morgan fingerprint density at radius 3 is 2.86 bits per heavy atom. The second kappa shape index (κ2) is 6.52. The number of nitrogens with one attached hydrogen (secondary N) is 2. The van der Waals surface area contributed by atoms with Gasteiger partial charge in [-0.3, -0.25) is 0 Å². The first-order valence-corrected chi connectivity index (χ1v) is 7.72. The van der Waals surface area contributed by atoms with Crippen molar-refractivity contribution >= 4 is 28.4 Å². The molecule has 0 atom stereocenters. The fourth-order valence-corrected chi connectivity index (χ4v) is 2.73. The average Bonchev–Trinajstić information content (AvgIpc) is 3.19. The lowest BCUT2D eigenvalue weighted by Gasteiger charge is -2.06. The largest absolute Gasteiger partial charge is 0.334 e. The molecule has 22 heavy (non-hydrogen) atoms. The highest BCUT2D eigenvalue weighted by molar-refractivity contribution is 7.11. The summed E-state index contributed by atoms with van der Waals surface area (Å²) >= 11 is 1.61. The van der Waals surface area contributed by atoms with Crippen molar-refractivity contribution in [2.24, 2.45) is 0 Å². The fourth-order valence-electron chi connectivity index (χ4n) is 1.93. The Kier molecular flexibility index (Phi) is 4.29. The van der Waals surface area contributed by atoms with Gasteiger partial charge in [-0.05, 0) is 34.4 Å². The van der Waals surface area contributed by atoms with E-state index in [1.807, 2.05) is 24.4 Å². The van der Waals surface area contributed by atoms with Gasteiger partial charge < -0.3 is 10.6 Å². The van der Waals surface area contributed by atoms with E-state index in [1.54, 1.807) is 11.3 Å². The van der Waals surface area contributed by atoms with Crippen molar-refractivity contribution in [1.82, 2.24) is 25.9 Å². The summed E-state index contributed by atoms with van der Waals surface area (Å²) in [6.45, 7) is 2.92. The first-order valence-electron chi connectivity index (χ1n) is 6.91. The van der Waals surface area contributed by atoms with E-state index in [-0.39, 0.29) is 6.03 Å². The average molecular weight is 317 g/mol. The van der Waals surface area contributed by atoms with Crippen LogP contribution in [0, 0.1) is 0 Å². The Balaban J connectivity index is 1.49. The highest BCUT2D eigenvalue weighted by Crippen LogP contribution is 2.13. The highest BCUT2D eigenvalue weighted by Gasteiger charge is 2.05. The zero-order chi connectivity index (χ0) is 15.4.